The zero-order valence-electron chi connectivity index (χ0n) is 11.1. The Kier molecular flexibility index (Phi) is 19.0. The Balaban J connectivity index is 0. The third-order valence-corrected chi connectivity index (χ3v) is 1.98. The van der Waals surface area contributed by atoms with E-state index in [2.05, 4.69) is 5.32 Å². The van der Waals surface area contributed by atoms with Crippen LogP contribution in [0.15, 0.2) is 0 Å². The van der Waals surface area contributed by atoms with E-state index in [1.807, 2.05) is 0 Å². The van der Waals surface area contributed by atoms with Crippen molar-refractivity contribution in [2.75, 3.05) is 52.7 Å². The second kappa shape index (κ2) is 17.4. The second-order valence-corrected chi connectivity index (χ2v) is 3.56. The van der Waals surface area contributed by atoms with Gasteiger partial charge in [-0.15, -0.1) is 12.4 Å². The Morgan fingerprint density at radius 3 is 1.89 bits per heavy atom. The van der Waals surface area contributed by atoms with Gasteiger partial charge >= 0.3 is 6.09 Å². The first-order valence-electron chi connectivity index (χ1n) is 6.17. The first kappa shape index (κ1) is 20.7. The maximum absolute atomic E-state index is 10.1. The standard InChI is InChI=1S/C11H24N2O5.ClH/c12-3-1-5-16-7-9-18-10-8-17-6-2-4-13-11(14)15;/h13H,1-10,12H2,(H,14,15);1H. The van der Waals surface area contributed by atoms with Gasteiger partial charge in [-0.3, -0.25) is 0 Å². The highest BCUT2D eigenvalue weighted by atomic mass is 35.5. The van der Waals surface area contributed by atoms with Crippen LogP contribution in [0.5, 0.6) is 0 Å². The van der Waals surface area contributed by atoms with Gasteiger partial charge in [0.2, 0.25) is 0 Å². The average molecular weight is 301 g/mol. The smallest absolute Gasteiger partial charge is 0.404 e. The van der Waals surface area contributed by atoms with Gasteiger partial charge in [-0.2, -0.15) is 0 Å². The first-order chi connectivity index (χ1) is 8.77. The van der Waals surface area contributed by atoms with Gasteiger partial charge in [-0.05, 0) is 19.4 Å². The summed E-state index contributed by atoms with van der Waals surface area (Å²) in [6.07, 6.45) is 0.523. The fourth-order valence-electron chi connectivity index (χ4n) is 1.10. The first-order valence-corrected chi connectivity index (χ1v) is 6.17. The van der Waals surface area contributed by atoms with Gasteiger partial charge in [0, 0.05) is 19.8 Å². The van der Waals surface area contributed by atoms with Gasteiger partial charge in [-0.25, -0.2) is 4.79 Å². The summed E-state index contributed by atoms with van der Waals surface area (Å²) in [5.74, 6) is 0. The van der Waals surface area contributed by atoms with Crippen LogP contribution >= 0.6 is 12.4 Å². The Hall–Kier alpha value is -0.600. The molecule has 4 N–H and O–H groups in total. The lowest BCUT2D eigenvalue weighted by Crippen LogP contribution is -2.23. The zero-order valence-corrected chi connectivity index (χ0v) is 12.0. The summed E-state index contributed by atoms with van der Waals surface area (Å²) in [4.78, 5) is 10.1. The quantitative estimate of drug-likeness (QED) is 0.427. The fourth-order valence-corrected chi connectivity index (χ4v) is 1.10. The Morgan fingerprint density at radius 2 is 1.42 bits per heavy atom. The minimum atomic E-state index is -1.01. The average Bonchev–Trinajstić information content (AvgIpc) is 2.34. The molecule has 0 aromatic rings. The molecule has 0 spiro atoms. The summed E-state index contributed by atoms with van der Waals surface area (Å²) in [5, 5.41) is 10.6. The monoisotopic (exact) mass is 300 g/mol. The maximum Gasteiger partial charge on any atom is 0.404 e. The molecule has 0 aromatic heterocycles. The van der Waals surface area contributed by atoms with Crippen LogP contribution < -0.4 is 11.1 Å². The van der Waals surface area contributed by atoms with E-state index in [0.717, 1.165) is 6.42 Å². The number of halogens is 1. The Labute approximate surface area is 120 Å². The fraction of sp³-hybridized carbons (Fsp3) is 0.909. The lowest BCUT2D eigenvalue weighted by Gasteiger charge is -2.06. The van der Waals surface area contributed by atoms with Gasteiger partial charge in [0.1, 0.15) is 0 Å². The third kappa shape index (κ3) is 19.9. The number of carbonyl (C=O) groups is 1. The molecule has 0 aliphatic rings. The van der Waals surface area contributed by atoms with Crippen molar-refractivity contribution < 1.29 is 24.1 Å². The molecule has 0 aromatic carbocycles. The number of hydrogen-bond acceptors (Lipinski definition) is 5. The molecular formula is C11H25ClN2O5. The van der Waals surface area contributed by atoms with Crippen LogP contribution in [0, 0.1) is 0 Å². The third-order valence-electron chi connectivity index (χ3n) is 1.98. The largest absolute Gasteiger partial charge is 0.465 e. The minimum absolute atomic E-state index is 0. The van der Waals surface area contributed by atoms with Crippen molar-refractivity contribution in [3.8, 4) is 0 Å². The molecule has 0 aliphatic heterocycles. The van der Waals surface area contributed by atoms with Gasteiger partial charge in [0.25, 0.3) is 0 Å². The van der Waals surface area contributed by atoms with E-state index in [-0.39, 0.29) is 12.4 Å². The van der Waals surface area contributed by atoms with Crippen LogP contribution in [0.1, 0.15) is 12.8 Å². The maximum atomic E-state index is 10.1. The normalized spacial score (nSPS) is 9.95. The van der Waals surface area contributed by atoms with E-state index < -0.39 is 6.09 Å². The van der Waals surface area contributed by atoms with Crippen LogP contribution in [-0.2, 0) is 14.2 Å². The van der Waals surface area contributed by atoms with Crippen molar-refractivity contribution in [2.24, 2.45) is 5.73 Å². The number of hydrogen-bond donors (Lipinski definition) is 3. The summed E-state index contributed by atoms with van der Waals surface area (Å²) in [5.41, 5.74) is 5.31. The van der Waals surface area contributed by atoms with Crippen LogP contribution in [0.25, 0.3) is 0 Å². The van der Waals surface area contributed by atoms with Gasteiger partial charge < -0.3 is 30.4 Å². The molecule has 8 heteroatoms. The van der Waals surface area contributed by atoms with E-state index in [9.17, 15) is 4.79 Å². The summed E-state index contributed by atoms with van der Waals surface area (Å²) >= 11 is 0. The van der Waals surface area contributed by atoms with Crippen molar-refractivity contribution in [2.45, 2.75) is 12.8 Å². The predicted octanol–water partition coefficient (Wildman–Crippen LogP) is 0.465. The number of ether oxygens (including phenoxy) is 3. The van der Waals surface area contributed by atoms with E-state index >= 15 is 0 Å². The molecule has 0 rings (SSSR count). The lowest BCUT2D eigenvalue weighted by molar-refractivity contribution is 0.0141. The molecule has 7 nitrogen and oxygen atoms in total. The molecule has 0 fully saturated rings. The molecule has 0 unspecified atom stereocenters. The Morgan fingerprint density at radius 1 is 0.947 bits per heavy atom. The van der Waals surface area contributed by atoms with Crippen molar-refractivity contribution in [3.05, 3.63) is 0 Å². The molecular weight excluding hydrogens is 276 g/mol. The molecule has 0 radical (unpaired) electrons. The second-order valence-electron chi connectivity index (χ2n) is 3.56. The molecule has 0 saturated carbocycles. The van der Waals surface area contributed by atoms with Crippen molar-refractivity contribution in [1.29, 1.82) is 0 Å². The number of rotatable bonds is 13. The van der Waals surface area contributed by atoms with E-state index in [1.165, 1.54) is 0 Å². The van der Waals surface area contributed by atoms with Gasteiger partial charge in [-0.1, -0.05) is 0 Å². The van der Waals surface area contributed by atoms with Gasteiger partial charge in [0.15, 0.2) is 0 Å². The number of carboxylic acid groups (broad SMARTS) is 1. The van der Waals surface area contributed by atoms with Gasteiger partial charge in [0.05, 0.1) is 26.4 Å². The van der Waals surface area contributed by atoms with E-state index in [1.54, 1.807) is 0 Å². The number of nitrogens with two attached hydrogens (primary N) is 1. The molecule has 0 heterocycles. The van der Waals surface area contributed by atoms with E-state index in [4.69, 9.17) is 25.1 Å². The number of nitrogens with one attached hydrogen (secondary N) is 1. The molecule has 0 atom stereocenters. The highest BCUT2D eigenvalue weighted by Crippen LogP contribution is 1.85. The molecule has 0 aliphatic carbocycles. The topological polar surface area (TPSA) is 103 Å². The summed E-state index contributed by atoms with van der Waals surface area (Å²) in [6, 6.07) is 0. The van der Waals surface area contributed by atoms with Crippen molar-refractivity contribution >= 4 is 18.5 Å². The highest BCUT2D eigenvalue weighted by molar-refractivity contribution is 5.85. The van der Waals surface area contributed by atoms with Crippen LogP contribution in [0.3, 0.4) is 0 Å². The van der Waals surface area contributed by atoms with Crippen LogP contribution in [0.2, 0.25) is 0 Å². The van der Waals surface area contributed by atoms with Crippen LogP contribution in [-0.4, -0.2) is 63.9 Å². The molecule has 0 bridgehead atoms. The van der Waals surface area contributed by atoms with E-state index in [0.29, 0.717) is 59.2 Å². The molecule has 1 amide bonds. The Bertz CT molecular complexity index is 198. The molecule has 116 valence electrons. The SMILES string of the molecule is Cl.NCCCOCCOCCOCCCNC(=O)O. The lowest BCUT2D eigenvalue weighted by atomic mass is 10.4. The zero-order chi connectivity index (χ0) is 13.5. The summed E-state index contributed by atoms with van der Waals surface area (Å²) in [7, 11) is 0. The minimum Gasteiger partial charge on any atom is -0.465 e. The summed E-state index contributed by atoms with van der Waals surface area (Å²) in [6.45, 7) is 4.40. The highest BCUT2D eigenvalue weighted by Gasteiger charge is 1.94. The summed E-state index contributed by atoms with van der Waals surface area (Å²) < 4.78 is 15.8. The van der Waals surface area contributed by atoms with Crippen molar-refractivity contribution in [3.63, 3.8) is 0 Å². The van der Waals surface area contributed by atoms with Crippen LogP contribution in [0.4, 0.5) is 4.79 Å². The molecule has 0 saturated heterocycles. The van der Waals surface area contributed by atoms with Crippen molar-refractivity contribution in [1.82, 2.24) is 5.32 Å². The molecule has 19 heavy (non-hydrogen) atoms. The number of amides is 1. The predicted molar refractivity (Wildman–Crippen MR) is 74.0 cm³/mol.